The van der Waals surface area contributed by atoms with Crippen LogP contribution < -0.4 is 42.4 Å². The number of likely N-dealkylation sites (N-methyl/N-ethyl adjacent to an activating group) is 1. The number of thioether (sulfide) groups is 1. The molecule has 0 radical (unpaired) electrons. The lowest BCUT2D eigenvalue weighted by Crippen LogP contribution is -2.61. The van der Waals surface area contributed by atoms with Crippen molar-refractivity contribution in [2.75, 3.05) is 44.8 Å². The van der Waals surface area contributed by atoms with E-state index >= 15 is 0 Å². The third-order valence-electron chi connectivity index (χ3n) is 13.8. The van der Waals surface area contributed by atoms with Crippen molar-refractivity contribution in [1.29, 1.82) is 0 Å². The average molecular weight is 1100 g/mol. The largest absolute Gasteiger partial charge is 0.487 e. The summed E-state index contributed by atoms with van der Waals surface area (Å²) >= 11 is 1.38. The summed E-state index contributed by atoms with van der Waals surface area (Å²) in [5.41, 5.74) is 5.18. The molecule has 2 aromatic rings. The number of benzene rings is 2. The Hall–Kier alpha value is -6.11. The predicted molar refractivity (Wildman–Crippen MR) is 287 cm³/mol. The molecule has 22 nitrogen and oxygen atoms in total. The van der Waals surface area contributed by atoms with Gasteiger partial charge in [0.25, 0.3) is 0 Å². The maximum atomic E-state index is 14.9. The molecule has 3 aliphatic heterocycles. The van der Waals surface area contributed by atoms with E-state index in [1.165, 1.54) is 38.6 Å². The number of hydrogen-bond donors (Lipinski definition) is 10. The van der Waals surface area contributed by atoms with Gasteiger partial charge in [-0.15, -0.1) is 0 Å². The van der Waals surface area contributed by atoms with Crippen molar-refractivity contribution >= 4 is 59.1 Å². The summed E-state index contributed by atoms with van der Waals surface area (Å²) in [6.45, 7) is 11.1. The molecule has 3 aliphatic rings. The third-order valence-corrected chi connectivity index (χ3v) is 15.0. The van der Waals surface area contributed by atoms with Crippen LogP contribution >= 0.6 is 11.8 Å². The van der Waals surface area contributed by atoms with Crippen LogP contribution in [0.25, 0.3) is 0 Å². The van der Waals surface area contributed by atoms with Gasteiger partial charge in [0, 0.05) is 18.4 Å². The standard InChI is InChI=1S/C54H80N8O14S/c1-10-31(4)44-50(69)57-39-27-62(9)41(25-36-15-12-11-13-16-36)49(68)60-45(33(6)63)51(70)58-40(53(72)75-34(7)46(52(71)59-44)61-48(67)32(5)47(66)30(2)3)28-74-43(65)26-56-42(64)21-22-54(73,29-77-24-14-23-55)35(8)76-38-19-17-37(39)18-20-38/h11-13,15-22,30-35,39-41,44-47,63,66,73H,10,14,23-29,55H2,1-9H3,(H,56,64)(H,57,69)(H,58,70)(H,59,71)(H,60,68)(H,61,67)/b22-21+/t31?,32-,33-,34-,35-,39-,40+,41+,44-,45-,46+,47-,54+/m1/s1. The lowest BCUT2D eigenvalue weighted by Gasteiger charge is -2.34. The molecule has 6 amide bonds. The third kappa shape index (κ3) is 18.8. The van der Waals surface area contributed by atoms with Crippen LogP contribution in [-0.4, -0.2) is 173 Å². The molecule has 0 saturated carbocycles. The van der Waals surface area contributed by atoms with Crippen molar-refractivity contribution in [1.82, 2.24) is 36.8 Å². The van der Waals surface area contributed by atoms with E-state index in [4.69, 9.17) is 19.9 Å². The fourth-order valence-corrected chi connectivity index (χ4v) is 9.62. The molecule has 2 aromatic carbocycles. The van der Waals surface area contributed by atoms with Crippen molar-refractivity contribution in [3.05, 3.63) is 77.9 Å². The van der Waals surface area contributed by atoms with Gasteiger partial charge in [0.05, 0.1) is 30.2 Å². The maximum absolute atomic E-state index is 14.9. The molecule has 77 heavy (non-hydrogen) atoms. The van der Waals surface area contributed by atoms with Gasteiger partial charge >= 0.3 is 11.9 Å². The second-order valence-corrected chi connectivity index (χ2v) is 21.4. The van der Waals surface area contributed by atoms with E-state index in [0.717, 1.165) is 6.08 Å². The minimum atomic E-state index is -1.91. The van der Waals surface area contributed by atoms with Gasteiger partial charge in [-0.1, -0.05) is 83.5 Å². The van der Waals surface area contributed by atoms with E-state index in [-0.39, 0.29) is 24.6 Å². The Labute approximate surface area is 455 Å². The Balaban J connectivity index is 1.99. The van der Waals surface area contributed by atoms with Crippen LogP contribution in [0.2, 0.25) is 0 Å². The zero-order chi connectivity index (χ0) is 57.1. The molecule has 0 spiro atoms. The molecule has 4 bridgehead atoms. The first-order valence-electron chi connectivity index (χ1n) is 26.1. The zero-order valence-corrected chi connectivity index (χ0v) is 46.3. The SMILES string of the molecule is CCC(C)[C@H]1NC(=O)[C@@H](NC(=O)[C@H](C)[C@H](O)C(C)C)[C@@H](C)OC(=O)[C@@H]2COC(=O)CNC(=O)/C=C/[C@](O)(CSCCCN)[C@@H](C)Oc3ccc(cc3)[C@@H](CN(C)[C@@H](Cc3ccccc3)C(=O)N[C@H]([C@@H](C)O)C(=O)N2)NC1=O. The number of carbonyl (C=O) groups excluding carboxylic acids is 8. The number of aliphatic hydroxyl groups excluding tert-OH is 2. The molecule has 0 aromatic heterocycles. The first-order valence-corrected chi connectivity index (χ1v) is 27.3. The fraction of sp³-hybridized carbons (Fsp3) is 0.593. The predicted octanol–water partition coefficient (Wildman–Crippen LogP) is 0.161. The van der Waals surface area contributed by atoms with Crippen molar-refractivity contribution in [3.8, 4) is 5.75 Å². The number of nitrogens with two attached hydrogens (primary N) is 1. The fourth-order valence-electron chi connectivity index (χ4n) is 8.45. The van der Waals surface area contributed by atoms with Crippen LogP contribution in [0.15, 0.2) is 66.7 Å². The van der Waals surface area contributed by atoms with Gasteiger partial charge in [-0.25, -0.2) is 4.79 Å². The van der Waals surface area contributed by atoms with E-state index in [9.17, 15) is 53.7 Å². The van der Waals surface area contributed by atoms with Gasteiger partial charge in [-0.05, 0) is 94.1 Å². The Bertz CT molecular complexity index is 2340. The molecule has 1 saturated heterocycles. The van der Waals surface area contributed by atoms with E-state index in [2.05, 4.69) is 31.9 Å². The van der Waals surface area contributed by atoms with E-state index in [0.29, 0.717) is 42.0 Å². The summed E-state index contributed by atoms with van der Waals surface area (Å²) in [5, 5.41) is 49.8. The Morgan fingerprint density at radius 3 is 2.12 bits per heavy atom. The van der Waals surface area contributed by atoms with Crippen molar-refractivity contribution < 1.29 is 67.9 Å². The highest BCUT2D eigenvalue weighted by molar-refractivity contribution is 7.99. The summed E-state index contributed by atoms with van der Waals surface area (Å²) < 4.78 is 17.5. The van der Waals surface area contributed by atoms with E-state index in [1.807, 2.05) is 6.92 Å². The van der Waals surface area contributed by atoms with E-state index in [1.54, 1.807) is 94.2 Å². The number of esters is 2. The Kier molecular flexibility index (Phi) is 24.8. The normalized spacial score (nSPS) is 28.1. The average Bonchev–Trinajstić information content (AvgIpc) is 3.39. The van der Waals surface area contributed by atoms with Gasteiger partial charge in [0.2, 0.25) is 35.4 Å². The number of hydrogen-bond acceptors (Lipinski definition) is 17. The minimum absolute atomic E-state index is 0.0648. The van der Waals surface area contributed by atoms with Gasteiger partial charge in [-0.2, -0.15) is 11.8 Å². The second-order valence-electron chi connectivity index (χ2n) is 20.3. The summed E-state index contributed by atoms with van der Waals surface area (Å²) in [7, 11) is 1.64. The van der Waals surface area contributed by atoms with Crippen molar-refractivity contribution in [2.24, 2.45) is 23.5 Å². The number of nitrogens with zero attached hydrogens (tertiary/aromatic N) is 1. The summed E-state index contributed by atoms with van der Waals surface area (Å²) in [6.07, 6.45) is -1.94. The van der Waals surface area contributed by atoms with Gasteiger partial charge < -0.3 is 67.2 Å². The number of aliphatic hydroxyl groups is 3. The lowest BCUT2D eigenvalue weighted by atomic mass is 9.93. The summed E-state index contributed by atoms with van der Waals surface area (Å²) in [6, 6.07) is 6.84. The number of cyclic esters (lactones) is 1. The number of rotatable bonds is 14. The molecule has 1 fully saturated rings. The smallest absolute Gasteiger partial charge is 0.332 e. The molecule has 13 atom stereocenters. The summed E-state index contributed by atoms with van der Waals surface area (Å²) in [4.78, 5) is 115. The quantitative estimate of drug-likeness (QED) is 0.0890. The summed E-state index contributed by atoms with van der Waals surface area (Å²) in [5.74, 6) is -8.56. The first-order chi connectivity index (χ1) is 36.4. The molecule has 3 heterocycles. The first kappa shape index (κ1) is 63.4. The number of carbonyl (C=O) groups is 8. The van der Waals surface area contributed by atoms with Crippen LogP contribution in [0.3, 0.4) is 0 Å². The van der Waals surface area contributed by atoms with Gasteiger partial charge in [0.1, 0.15) is 54.8 Å². The van der Waals surface area contributed by atoms with Crippen LogP contribution in [0, 0.1) is 17.8 Å². The van der Waals surface area contributed by atoms with Crippen molar-refractivity contribution in [3.63, 3.8) is 0 Å². The minimum Gasteiger partial charge on any atom is -0.487 e. The van der Waals surface area contributed by atoms with Gasteiger partial charge in [0.15, 0.2) is 6.04 Å². The molecule has 23 heteroatoms. The molecule has 11 N–H and O–H groups in total. The number of nitrogens with one attached hydrogen (secondary N) is 6. The topological polar surface area (TPSA) is 326 Å². The number of ether oxygens (including phenoxy) is 3. The van der Waals surface area contributed by atoms with Crippen LogP contribution in [0.5, 0.6) is 5.75 Å². The van der Waals surface area contributed by atoms with Crippen molar-refractivity contribution in [2.45, 2.75) is 141 Å². The lowest BCUT2D eigenvalue weighted by molar-refractivity contribution is -0.160. The molecule has 1 unspecified atom stereocenters. The molecular formula is C54H80N8O14S. The van der Waals surface area contributed by atoms with Crippen LogP contribution in [0.4, 0.5) is 0 Å². The molecule has 5 rings (SSSR count). The molecule has 0 aliphatic carbocycles. The van der Waals surface area contributed by atoms with Crippen LogP contribution in [0.1, 0.15) is 85.4 Å². The monoisotopic (exact) mass is 1100 g/mol. The molecular weight excluding hydrogens is 1020 g/mol. The Morgan fingerprint density at radius 1 is 0.857 bits per heavy atom. The van der Waals surface area contributed by atoms with E-state index < -0.39 is 139 Å². The van der Waals surface area contributed by atoms with Gasteiger partial charge in [-0.3, -0.25) is 38.5 Å². The number of fused-ring (bicyclic) bond motifs is 11. The highest BCUT2D eigenvalue weighted by Crippen LogP contribution is 2.27. The van der Waals surface area contributed by atoms with Crippen LogP contribution in [-0.2, 0) is 54.3 Å². The highest BCUT2D eigenvalue weighted by atomic mass is 32.2. The number of amides is 6. The Morgan fingerprint density at radius 2 is 1.49 bits per heavy atom. The zero-order valence-electron chi connectivity index (χ0n) is 45.5. The maximum Gasteiger partial charge on any atom is 0.332 e. The second kappa shape index (κ2) is 30.1. The highest BCUT2D eigenvalue weighted by Gasteiger charge is 2.41. The molecule has 426 valence electrons.